The van der Waals surface area contributed by atoms with Gasteiger partial charge in [0.05, 0.1) is 5.02 Å². The third-order valence-corrected chi connectivity index (χ3v) is 2.66. The lowest BCUT2D eigenvalue weighted by Crippen LogP contribution is -2.69. The number of alkyl halides is 6. The van der Waals surface area contributed by atoms with Crippen LogP contribution in [0.25, 0.3) is 0 Å². The molecule has 0 aliphatic rings. The molecule has 2 amide bonds. The second-order valence-electron chi connectivity index (χ2n) is 4.30. The van der Waals surface area contributed by atoms with Gasteiger partial charge in [-0.1, -0.05) is 28.4 Å². The van der Waals surface area contributed by atoms with E-state index in [0.717, 1.165) is 19.2 Å². The van der Waals surface area contributed by atoms with Crippen molar-refractivity contribution >= 4 is 40.2 Å². The normalized spacial score (nSPS) is 13.4. The molecule has 0 atom stereocenters. The molecule has 0 fully saturated rings. The van der Waals surface area contributed by atoms with Crippen LogP contribution >= 0.6 is 23.2 Å². The molecule has 2 N–H and O–H groups in total. The molecule has 1 aromatic rings. The van der Waals surface area contributed by atoms with Crippen molar-refractivity contribution in [2.75, 3.05) is 5.32 Å². The van der Waals surface area contributed by atoms with Crippen molar-refractivity contribution in [1.82, 2.24) is 10.3 Å². The molecule has 1 rings (SSSR count). The zero-order valence-corrected chi connectivity index (χ0v) is 13.5. The Balaban J connectivity index is 3.16. The third kappa shape index (κ3) is 5.26. The number of hydrogen-bond acceptors (Lipinski definition) is 4. The number of pyridine rings is 1. The van der Waals surface area contributed by atoms with Gasteiger partial charge >= 0.3 is 24.1 Å². The highest BCUT2D eigenvalue weighted by atomic mass is 35.5. The van der Waals surface area contributed by atoms with Gasteiger partial charge in [0.2, 0.25) is 0 Å². The molecular formula is C11H8Cl2F6N4O2. The van der Waals surface area contributed by atoms with Gasteiger partial charge in [0.1, 0.15) is 11.0 Å². The molecule has 25 heavy (non-hydrogen) atoms. The first-order valence-corrected chi connectivity index (χ1v) is 6.76. The van der Waals surface area contributed by atoms with Gasteiger partial charge in [-0.05, 0) is 19.1 Å². The molecule has 140 valence electrons. The number of carbonyl (C=O) groups is 1. The highest BCUT2D eigenvalue weighted by Crippen LogP contribution is 2.44. The molecule has 1 heterocycles. The predicted molar refractivity (Wildman–Crippen MR) is 76.3 cm³/mol. The molecule has 0 aliphatic heterocycles. The van der Waals surface area contributed by atoms with Crippen LogP contribution in [0.3, 0.4) is 0 Å². The quantitative estimate of drug-likeness (QED) is 0.335. The summed E-state index contributed by atoms with van der Waals surface area (Å²) in [4.78, 5) is 18.6. The van der Waals surface area contributed by atoms with E-state index >= 15 is 0 Å². The Kier molecular flexibility index (Phi) is 6.34. The second-order valence-corrected chi connectivity index (χ2v) is 5.28. The first-order chi connectivity index (χ1) is 11.3. The number of aromatic nitrogens is 1. The molecule has 0 aromatic carbocycles. The lowest BCUT2D eigenvalue weighted by Gasteiger charge is -2.34. The first-order valence-electron chi connectivity index (χ1n) is 6.01. The molecule has 1 aromatic heterocycles. The van der Waals surface area contributed by atoms with E-state index in [1.54, 1.807) is 5.32 Å². The minimum Gasteiger partial charge on any atom is -0.346 e. The summed E-state index contributed by atoms with van der Waals surface area (Å²) < 4.78 is 78.2. The van der Waals surface area contributed by atoms with E-state index in [4.69, 9.17) is 23.2 Å². The number of anilines is 1. The fourth-order valence-corrected chi connectivity index (χ4v) is 1.46. The van der Waals surface area contributed by atoms with Gasteiger partial charge in [-0.15, -0.1) is 0 Å². The molecule has 0 spiro atoms. The summed E-state index contributed by atoms with van der Waals surface area (Å²) in [6.45, 7) is 0.872. The van der Waals surface area contributed by atoms with E-state index in [1.165, 1.54) is 6.07 Å². The molecule has 0 aliphatic carbocycles. The van der Waals surface area contributed by atoms with Gasteiger partial charge in [-0.3, -0.25) is 10.6 Å². The van der Waals surface area contributed by atoms with Crippen LogP contribution in [0.5, 0.6) is 0 Å². The summed E-state index contributed by atoms with van der Waals surface area (Å²) in [7, 11) is 0. The Morgan fingerprint density at radius 1 is 1.20 bits per heavy atom. The van der Waals surface area contributed by atoms with E-state index in [9.17, 15) is 31.1 Å². The number of hydrogen-bond donors (Lipinski definition) is 2. The van der Waals surface area contributed by atoms with Gasteiger partial charge in [0.15, 0.2) is 0 Å². The number of rotatable bonds is 4. The highest BCUT2D eigenvalue weighted by Gasteiger charge is 2.76. The van der Waals surface area contributed by atoms with E-state index in [0.29, 0.717) is 5.32 Å². The Hall–Kier alpha value is -1.95. The molecular weight excluding hydrogens is 405 g/mol. The van der Waals surface area contributed by atoms with Crippen molar-refractivity contribution in [1.29, 1.82) is 0 Å². The van der Waals surface area contributed by atoms with Crippen LogP contribution in [-0.2, 0) is 4.84 Å². The zero-order valence-electron chi connectivity index (χ0n) is 12.0. The summed E-state index contributed by atoms with van der Waals surface area (Å²) in [5, 5.41) is 4.17. The fraction of sp³-hybridized carbons (Fsp3) is 0.364. The monoisotopic (exact) mass is 412 g/mol. The maximum Gasteiger partial charge on any atom is 0.461 e. The van der Waals surface area contributed by atoms with E-state index in [2.05, 4.69) is 15.0 Å². The number of carbonyl (C=O) groups excluding carboxylic acids is 1. The highest BCUT2D eigenvalue weighted by molar-refractivity contribution is 6.64. The Bertz CT molecular complexity index is 629. The summed E-state index contributed by atoms with van der Waals surface area (Å²) >= 11 is 10.6. The van der Waals surface area contributed by atoms with Crippen LogP contribution in [-0.4, -0.2) is 34.3 Å². The van der Waals surface area contributed by atoms with Crippen molar-refractivity contribution in [2.45, 2.75) is 25.0 Å². The maximum absolute atomic E-state index is 13.0. The van der Waals surface area contributed by atoms with Gasteiger partial charge < -0.3 is 4.84 Å². The van der Waals surface area contributed by atoms with Crippen molar-refractivity contribution in [3.63, 3.8) is 0 Å². The summed E-state index contributed by atoms with van der Waals surface area (Å²) in [6, 6.07) is 0.335. The van der Waals surface area contributed by atoms with E-state index in [-0.39, 0.29) is 10.8 Å². The predicted octanol–water partition coefficient (Wildman–Crippen LogP) is 4.27. The lowest BCUT2D eigenvalue weighted by atomic mass is 10.2. The van der Waals surface area contributed by atoms with Gasteiger partial charge in [-0.25, -0.2) is 9.78 Å². The van der Waals surface area contributed by atoms with Crippen LogP contribution < -0.4 is 10.6 Å². The average Bonchev–Trinajstić information content (AvgIpc) is 2.43. The van der Waals surface area contributed by atoms with Gasteiger partial charge in [-0.2, -0.15) is 26.3 Å². The number of urea groups is 1. The largest absolute Gasteiger partial charge is 0.461 e. The molecule has 0 saturated carbocycles. The minimum absolute atomic E-state index is 0.126. The smallest absolute Gasteiger partial charge is 0.346 e. The topological polar surface area (TPSA) is 75.6 Å². The van der Waals surface area contributed by atoms with Crippen molar-refractivity contribution in [2.24, 2.45) is 5.16 Å². The summed E-state index contributed by atoms with van der Waals surface area (Å²) in [6.07, 6.45) is -11.2. The molecule has 0 bridgehead atoms. The first kappa shape index (κ1) is 21.1. The number of halogens is 8. The fourth-order valence-electron chi connectivity index (χ4n) is 1.32. The van der Waals surface area contributed by atoms with Crippen LogP contribution in [0.1, 0.15) is 6.92 Å². The van der Waals surface area contributed by atoms with Crippen LogP contribution in [0, 0.1) is 0 Å². The Morgan fingerprint density at radius 3 is 2.16 bits per heavy atom. The Labute approximate surface area is 146 Å². The number of oxime groups is 1. The standard InChI is InChI=1S/C11H8Cl2F6N4O2/c1-5(12)23-25-9(10(14,15)16,11(17,18)19)22-8(24)21-7-3-2-6(13)4-20-7/h2-4H,1H3,(H2,20,21,22,24)/b23-5-. The van der Waals surface area contributed by atoms with Gasteiger partial charge in [0.25, 0.3) is 0 Å². The Morgan fingerprint density at radius 2 is 1.76 bits per heavy atom. The van der Waals surface area contributed by atoms with Crippen molar-refractivity contribution in [3.8, 4) is 0 Å². The number of nitrogens with zero attached hydrogens (tertiary/aromatic N) is 2. The molecule has 14 heteroatoms. The number of nitrogens with one attached hydrogen (secondary N) is 2. The number of amides is 2. The van der Waals surface area contributed by atoms with E-state index < -0.39 is 29.3 Å². The van der Waals surface area contributed by atoms with Crippen LogP contribution in [0.15, 0.2) is 23.5 Å². The SMILES string of the molecule is C/C(Cl)=N/OC(NC(=O)Nc1ccc(Cl)cn1)(C(F)(F)F)C(F)(F)F. The maximum atomic E-state index is 13.0. The van der Waals surface area contributed by atoms with Crippen LogP contribution in [0.2, 0.25) is 5.02 Å². The van der Waals surface area contributed by atoms with Crippen LogP contribution in [0.4, 0.5) is 37.0 Å². The van der Waals surface area contributed by atoms with E-state index in [1.807, 2.05) is 0 Å². The van der Waals surface area contributed by atoms with Gasteiger partial charge in [0, 0.05) is 6.20 Å². The molecule has 0 radical (unpaired) electrons. The summed E-state index contributed by atoms with van der Waals surface area (Å²) in [5.74, 6) is -0.364. The minimum atomic E-state index is -6.12. The zero-order chi connectivity index (χ0) is 19.5. The molecule has 0 unspecified atom stereocenters. The lowest BCUT2D eigenvalue weighted by molar-refractivity contribution is -0.388. The third-order valence-electron chi connectivity index (χ3n) is 2.37. The molecule has 0 saturated heterocycles. The average molecular weight is 413 g/mol. The van der Waals surface area contributed by atoms with Crippen molar-refractivity contribution in [3.05, 3.63) is 23.4 Å². The molecule has 6 nitrogen and oxygen atoms in total. The second kappa shape index (κ2) is 7.52. The summed E-state index contributed by atoms with van der Waals surface area (Å²) in [5.41, 5.74) is -5.13. The van der Waals surface area contributed by atoms with Crippen molar-refractivity contribution < 1.29 is 36.0 Å².